The van der Waals surface area contributed by atoms with Crippen molar-refractivity contribution in [2.24, 2.45) is 0 Å². The number of rotatable bonds is 3. The van der Waals surface area contributed by atoms with E-state index in [1.165, 1.54) is 10.9 Å². The number of hydrogen-bond donors (Lipinski definition) is 1. The first-order chi connectivity index (χ1) is 11.0. The van der Waals surface area contributed by atoms with Crippen LogP contribution in [0.1, 0.15) is 35.2 Å². The summed E-state index contributed by atoms with van der Waals surface area (Å²) in [6.07, 6.45) is 5.22. The normalized spacial score (nSPS) is 13.5. The smallest absolute Gasteiger partial charge is 0.257 e. The van der Waals surface area contributed by atoms with Gasteiger partial charge in [0.25, 0.3) is 5.56 Å². The molecule has 0 fully saturated rings. The molecule has 0 saturated heterocycles. The standard InChI is InChI=1S/C18H21N3O2/c1-12-7-8-13(2)16(9-12)20-17(22)10-21-11-19-15-6-4-3-5-14(15)18(21)23/h7-9,11H,3-6,10H2,1-2H3,(H,20,22). The maximum Gasteiger partial charge on any atom is 0.257 e. The topological polar surface area (TPSA) is 64.0 Å². The molecule has 1 amide bonds. The lowest BCUT2D eigenvalue weighted by molar-refractivity contribution is -0.116. The molecular formula is C18H21N3O2. The number of fused-ring (bicyclic) bond motifs is 1. The molecule has 0 spiro atoms. The molecule has 0 unspecified atom stereocenters. The summed E-state index contributed by atoms with van der Waals surface area (Å²) >= 11 is 0. The maximum atomic E-state index is 12.5. The second kappa shape index (κ2) is 6.36. The SMILES string of the molecule is Cc1ccc(C)c(NC(=O)Cn2cnc3c(c2=O)CCCC3)c1. The molecule has 1 aromatic carbocycles. The fraction of sp³-hybridized carbons (Fsp3) is 0.389. The molecule has 5 nitrogen and oxygen atoms in total. The maximum absolute atomic E-state index is 12.5. The van der Waals surface area contributed by atoms with Gasteiger partial charge in [0, 0.05) is 11.3 Å². The number of benzene rings is 1. The van der Waals surface area contributed by atoms with Gasteiger partial charge in [-0.05, 0) is 56.7 Å². The van der Waals surface area contributed by atoms with Crippen LogP contribution in [0.4, 0.5) is 5.69 Å². The van der Waals surface area contributed by atoms with Crippen LogP contribution >= 0.6 is 0 Å². The van der Waals surface area contributed by atoms with Crippen molar-refractivity contribution in [2.75, 3.05) is 5.32 Å². The Morgan fingerprint density at radius 2 is 2.04 bits per heavy atom. The van der Waals surface area contributed by atoms with Gasteiger partial charge in [0.05, 0.1) is 12.0 Å². The van der Waals surface area contributed by atoms with Crippen LogP contribution in [-0.4, -0.2) is 15.5 Å². The Labute approximate surface area is 135 Å². The number of nitrogens with one attached hydrogen (secondary N) is 1. The van der Waals surface area contributed by atoms with Gasteiger partial charge in [0.15, 0.2) is 0 Å². The molecule has 1 N–H and O–H groups in total. The van der Waals surface area contributed by atoms with Gasteiger partial charge in [-0.15, -0.1) is 0 Å². The minimum atomic E-state index is -0.210. The summed E-state index contributed by atoms with van der Waals surface area (Å²) in [6, 6.07) is 5.90. The van der Waals surface area contributed by atoms with Gasteiger partial charge >= 0.3 is 0 Å². The van der Waals surface area contributed by atoms with Crippen molar-refractivity contribution < 1.29 is 4.79 Å². The van der Waals surface area contributed by atoms with Crippen molar-refractivity contribution in [3.05, 3.63) is 57.3 Å². The summed E-state index contributed by atoms with van der Waals surface area (Å²) in [5.41, 5.74) is 4.46. The van der Waals surface area contributed by atoms with E-state index in [-0.39, 0.29) is 18.0 Å². The molecule has 0 bridgehead atoms. The van der Waals surface area contributed by atoms with Crippen LogP contribution in [0.25, 0.3) is 0 Å². The van der Waals surface area contributed by atoms with E-state index < -0.39 is 0 Å². The minimum Gasteiger partial charge on any atom is -0.324 e. The summed E-state index contributed by atoms with van der Waals surface area (Å²) in [4.78, 5) is 29.1. The fourth-order valence-electron chi connectivity index (χ4n) is 2.95. The molecule has 1 aliphatic carbocycles. The van der Waals surface area contributed by atoms with Crippen LogP contribution in [-0.2, 0) is 24.2 Å². The summed E-state index contributed by atoms with van der Waals surface area (Å²) in [6.45, 7) is 3.92. The number of nitrogens with zero attached hydrogens (tertiary/aromatic N) is 2. The van der Waals surface area contributed by atoms with E-state index in [4.69, 9.17) is 0 Å². The highest BCUT2D eigenvalue weighted by Gasteiger charge is 2.16. The zero-order valence-electron chi connectivity index (χ0n) is 13.6. The number of hydrogen-bond acceptors (Lipinski definition) is 3. The highest BCUT2D eigenvalue weighted by Crippen LogP contribution is 2.17. The number of carbonyl (C=O) groups is 1. The van der Waals surface area contributed by atoms with Crippen molar-refractivity contribution in [2.45, 2.75) is 46.1 Å². The Balaban J connectivity index is 1.78. The fourth-order valence-corrected chi connectivity index (χ4v) is 2.95. The first-order valence-electron chi connectivity index (χ1n) is 7.99. The molecule has 0 radical (unpaired) electrons. The zero-order chi connectivity index (χ0) is 16.4. The number of carbonyl (C=O) groups excluding carboxylic acids is 1. The van der Waals surface area contributed by atoms with Gasteiger partial charge in [-0.3, -0.25) is 14.2 Å². The predicted molar refractivity (Wildman–Crippen MR) is 89.7 cm³/mol. The molecule has 0 saturated carbocycles. The van der Waals surface area contributed by atoms with E-state index in [2.05, 4.69) is 10.3 Å². The number of aryl methyl sites for hydroxylation is 3. The third-order valence-electron chi connectivity index (χ3n) is 4.29. The third kappa shape index (κ3) is 3.33. The lowest BCUT2D eigenvalue weighted by Crippen LogP contribution is -2.32. The summed E-state index contributed by atoms with van der Waals surface area (Å²) in [5.74, 6) is -0.210. The Morgan fingerprint density at radius 1 is 1.26 bits per heavy atom. The molecule has 0 aliphatic heterocycles. The van der Waals surface area contributed by atoms with Crippen molar-refractivity contribution in [3.8, 4) is 0 Å². The van der Waals surface area contributed by atoms with Crippen LogP contribution in [0.15, 0.2) is 29.3 Å². The number of anilines is 1. The second-order valence-corrected chi connectivity index (χ2v) is 6.18. The molecule has 23 heavy (non-hydrogen) atoms. The van der Waals surface area contributed by atoms with Crippen LogP contribution in [0.3, 0.4) is 0 Å². The van der Waals surface area contributed by atoms with E-state index in [1.54, 1.807) is 0 Å². The van der Waals surface area contributed by atoms with E-state index in [9.17, 15) is 9.59 Å². The molecule has 1 aliphatic rings. The molecule has 0 atom stereocenters. The molecule has 1 heterocycles. The summed E-state index contributed by atoms with van der Waals surface area (Å²) in [7, 11) is 0. The Kier molecular flexibility index (Phi) is 4.28. The minimum absolute atomic E-state index is 0.00745. The van der Waals surface area contributed by atoms with Crippen molar-refractivity contribution in [1.29, 1.82) is 0 Å². The summed E-state index contributed by atoms with van der Waals surface area (Å²) < 4.78 is 1.41. The first kappa shape index (κ1) is 15.5. The zero-order valence-corrected chi connectivity index (χ0v) is 13.6. The first-order valence-corrected chi connectivity index (χ1v) is 7.99. The van der Waals surface area contributed by atoms with Crippen molar-refractivity contribution in [3.63, 3.8) is 0 Å². The number of aromatic nitrogens is 2. The number of amides is 1. The van der Waals surface area contributed by atoms with Gasteiger partial charge in [-0.1, -0.05) is 12.1 Å². The van der Waals surface area contributed by atoms with Gasteiger partial charge in [-0.25, -0.2) is 4.98 Å². The Bertz CT molecular complexity index is 808. The molecule has 1 aromatic heterocycles. The Hall–Kier alpha value is -2.43. The third-order valence-corrected chi connectivity index (χ3v) is 4.29. The second-order valence-electron chi connectivity index (χ2n) is 6.18. The van der Waals surface area contributed by atoms with Crippen LogP contribution in [0.5, 0.6) is 0 Å². The molecule has 5 heteroatoms. The average Bonchev–Trinajstić information content (AvgIpc) is 2.54. The van der Waals surface area contributed by atoms with E-state index >= 15 is 0 Å². The van der Waals surface area contributed by atoms with Gasteiger partial charge < -0.3 is 5.32 Å². The lowest BCUT2D eigenvalue weighted by Gasteiger charge is -2.16. The monoisotopic (exact) mass is 311 g/mol. The van der Waals surface area contributed by atoms with Gasteiger partial charge in [0.1, 0.15) is 6.54 Å². The highest BCUT2D eigenvalue weighted by atomic mass is 16.2. The largest absolute Gasteiger partial charge is 0.324 e. The molecule has 3 rings (SSSR count). The summed E-state index contributed by atoms with van der Waals surface area (Å²) in [5, 5.41) is 2.88. The predicted octanol–water partition coefficient (Wildman–Crippen LogP) is 2.38. The van der Waals surface area contributed by atoms with Crippen LogP contribution in [0, 0.1) is 13.8 Å². The van der Waals surface area contributed by atoms with Crippen molar-refractivity contribution >= 4 is 11.6 Å². The van der Waals surface area contributed by atoms with Gasteiger partial charge in [0.2, 0.25) is 5.91 Å². The molecular weight excluding hydrogens is 290 g/mol. The van der Waals surface area contributed by atoms with Crippen molar-refractivity contribution in [1.82, 2.24) is 9.55 Å². The van der Waals surface area contributed by atoms with Gasteiger partial charge in [-0.2, -0.15) is 0 Å². The average molecular weight is 311 g/mol. The van der Waals surface area contributed by atoms with E-state index in [0.29, 0.717) is 0 Å². The van der Waals surface area contributed by atoms with Crippen LogP contribution < -0.4 is 10.9 Å². The quantitative estimate of drug-likeness (QED) is 0.946. The molecule has 2 aromatic rings. The lowest BCUT2D eigenvalue weighted by atomic mass is 9.97. The highest BCUT2D eigenvalue weighted by molar-refractivity contribution is 5.91. The van der Waals surface area contributed by atoms with Crippen LogP contribution in [0.2, 0.25) is 0 Å². The van der Waals surface area contributed by atoms with E-state index in [1.807, 2.05) is 32.0 Å². The Morgan fingerprint density at radius 3 is 2.87 bits per heavy atom. The molecule has 120 valence electrons. The van der Waals surface area contributed by atoms with E-state index in [0.717, 1.165) is 53.8 Å².